The molecule has 1 aromatic heterocycles. The fourth-order valence-electron chi connectivity index (χ4n) is 3.25. The Morgan fingerprint density at radius 3 is 2.42 bits per heavy atom. The molecule has 0 saturated carbocycles. The lowest BCUT2D eigenvalue weighted by atomic mass is 10.0. The van der Waals surface area contributed by atoms with Crippen LogP contribution in [0.25, 0.3) is 0 Å². The summed E-state index contributed by atoms with van der Waals surface area (Å²) in [5.74, 6) is 0. The quantitative estimate of drug-likeness (QED) is 0.786. The molecule has 5 heteroatoms. The first-order valence-electron chi connectivity index (χ1n) is 8.67. The lowest BCUT2D eigenvalue weighted by Crippen LogP contribution is -2.36. The van der Waals surface area contributed by atoms with Crippen LogP contribution in [0, 0.1) is 13.8 Å². The number of likely N-dealkylation sites (N-methyl/N-ethyl adjacent to an activating group) is 1. The minimum atomic E-state index is 0.269. The number of aryl methyl sites for hydroxylation is 2. The van der Waals surface area contributed by atoms with Crippen LogP contribution in [0.2, 0.25) is 5.02 Å². The van der Waals surface area contributed by atoms with Gasteiger partial charge in [0.1, 0.15) is 0 Å². The molecule has 0 amide bonds. The van der Waals surface area contributed by atoms with Gasteiger partial charge in [-0.05, 0) is 38.6 Å². The first kappa shape index (κ1) is 19.0. The smallest absolute Gasteiger partial charge is 0.0641 e. The van der Waals surface area contributed by atoms with Gasteiger partial charge in [-0.3, -0.25) is 9.58 Å². The van der Waals surface area contributed by atoms with Gasteiger partial charge in [0.15, 0.2) is 0 Å². The summed E-state index contributed by atoms with van der Waals surface area (Å²) >= 11 is 6.46. The van der Waals surface area contributed by atoms with Crippen molar-refractivity contribution in [2.45, 2.75) is 40.3 Å². The molecular weight excluding hydrogens is 320 g/mol. The molecule has 0 fully saturated rings. The highest BCUT2D eigenvalue weighted by Gasteiger charge is 2.20. The minimum Gasteiger partial charge on any atom is -0.311 e. The average Bonchev–Trinajstić information content (AvgIpc) is 2.81. The first-order chi connectivity index (χ1) is 11.5. The Hall–Kier alpha value is -1.36. The third-order valence-corrected chi connectivity index (χ3v) is 5.16. The minimum absolute atomic E-state index is 0.269. The van der Waals surface area contributed by atoms with E-state index in [0.29, 0.717) is 0 Å². The standard InChI is InChI=1S/C19H29ClN4/c1-6-24(7-2)19(16-10-8-9-11-18(16)20)13-21-12-17-14(3)22-23(5)15(17)4/h8-11,19,21H,6-7,12-13H2,1-5H3. The molecule has 24 heavy (non-hydrogen) atoms. The number of hydrogen-bond acceptors (Lipinski definition) is 3. The van der Waals surface area contributed by atoms with Crippen molar-refractivity contribution in [1.82, 2.24) is 20.0 Å². The monoisotopic (exact) mass is 348 g/mol. The van der Waals surface area contributed by atoms with Gasteiger partial charge < -0.3 is 5.32 Å². The Kier molecular flexibility index (Phi) is 6.84. The highest BCUT2D eigenvalue weighted by atomic mass is 35.5. The predicted molar refractivity (Wildman–Crippen MR) is 102 cm³/mol. The largest absolute Gasteiger partial charge is 0.311 e. The molecule has 0 radical (unpaired) electrons. The normalized spacial score (nSPS) is 12.8. The maximum atomic E-state index is 6.46. The number of aromatic nitrogens is 2. The number of halogens is 1. The van der Waals surface area contributed by atoms with Crippen LogP contribution in [0.15, 0.2) is 24.3 Å². The molecule has 1 heterocycles. The van der Waals surface area contributed by atoms with Crippen molar-refractivity contribution in [2.24, 2.45) is 7.05 Å². The van der Waals surface area contributed by atoms with Gasteiger partial charge in [-0.2, -0.15) is 5.10 Å². The van der Waals surface area contributed by atoms with E-state index in [0.717, 1.165) is 36.9 Å². The molecule has 0 aliphatic carbocycles. The number of benzene rings is 1. The molecule has 0 aliphatic heterocycles. The van der Waals surface area contributed by atoms with Crippen LogP contribution in [-0.4, -0.2) is 34.3 Å². The number of nitrogens with one attached hydrogen (secondary N) is 1. The molecule has 0 bridgehead atoms. The molecule has 2 aromatic rings. The van der Waals surface area contributed by atoms with E-state index in [9.17, 15) is 0 Å². The van der Waals surface area contributed by atoms with Crippen molar-refractivity contribution in [3.05, 3.63) is 51.8 Å². The van der Waals surface area contributed by atoms with E-state index in [1.54, 1.807) is 0 Å². The molecule has 4 nitrogen and oxygen atoms in total. The highest BCUT2D eigenvalue weighted by Crippen LogP contribution is 2.27. The zero-order chi connectivity index (χ0) is 17.7. The Bertz CT molecular complexity index is 661. The van der Waals surface area contributed by atoms with Gasteiger partial charge in [0, 0.05) is 42.5 Å². The molecule has 0 spiro atoms. The second-order valence-corrected chi connectivity index (χ2v) is 6.57. The van der Waals surface area contributed by atoms with E-state index >= 15 is 0 Å². The Labute approximate surface area is 150 Å². The molecular formula is C19H29ClN4. The molecule has 1 aromatic carbocycles. The summed E-state index contributed by atoms with van der Waals surface area (Å²) in [6, 6.07) is 8.43. The Morgan fingerprint density at radius 2 is 1.88 bits per heavy atom. The second kappa shape index (κ2) is 8.65. The van der Waals surface area contributed by atoms with Crippen LogP contribution in [-0.2, 0) is 13.6 Å². The van der Waals surface area contributed by atoms with Crippen LogP contribution in [0.5, 0.6) is 0 Å². The van der Waals surface area contributed by atoms with Crippen LogP contribution < -0.4 is 5.32 Å². The van der Waals surface area contributed by atoms with Crippen molar-refractivity contribution in [2.75, 3.05) is 19.6 Å². The van der Waals surface area contributed by atoms with Crippen LogP contribution in [0.3, 0.4) is 0 Å². The zero-order valence-electron chi connectivity index (χ0n) is 15.4. The molecule has 1 N–H and O–H groups in total. The summed E-state index contributed by atoms with van der Waals surface area (Å²) in [4.78, 5) is 2.44. The van der Waals surface area contributed by atoms with E-state index in [1.165, 1.54) is 16.8 Å². The van der Waals surface area contributed by atoms with Gasteiger partial charge in [0.25, 0.3) is 0 Å². The maximum absolute atomic E-state index is 6.46. The van der Waals surface area contributed by atoms with Gasteiger partial charge in [0.2, 0.25) is 0 Å². The average molecular weight is 349 g/mol. The van der Waals surface area contributed by atoms with Gasteiger partial charge in [-0.15, -0.1) is 0 Å². The molecule has 2 rings (SSSR count). The van der Waals surface area contributed by atoms with E-state index in [1.807, 2.05) is 23.9 Å². The lowest BCUT2D eigenvalue weighted by molar-refractivity contribution is 0.213. The van der Waals surface area contributed by atoms with Crippen LogP contribution in [0.1, 0.15) is 42.4 Å². The summed E-state index contributed by atoms with van der Waals surface area (Å²) in [6.45, 7) is 12.3. The zero-order valence-corrected chi connectivity index (χ0v) is 16.2. The van der Waals surface area contributed by atoms with Crippen molar-refractivity contribution in [3.63, 3.8) is 0 Å². The van der Waals surface area contributed by atoms with Crippen LogP contribution >= 0.6 is 11.6 Å². The fourth-order valence-corrected chi connectivity index (χ4v) is 3.51. The van der Waals surface area contributed by atoms with E-state index in [-0.39, 0.29) is 6.04 Å². The molecule has 0 saturated heterocycles. The number of nitrogens with zero attached hydrogens (tertiary/aromatic N) is 3. The van der Waals surface area contributed by atoms with Gasteiger partial charge >= 0.3 is 0 Å². The first-order valence-corrected chi connectivity index (χ1v) is 9.05. The Morgan fingerprint density at radius 1 is 1.21 bits per heavy atom. The molecule has 1 atom stereocenters. The maximum Gasteiger partial charge on any atom is 0.0641 e. The Balaban J connectivity index is 2.13. The summed E-state index contributed by atoms with van der Waals surface area (Å²) in [5.41, 5.74) is 4.79. The number of hydrogen-bond donors (Lipinski definition) is 1. The van der Waals surface area contributed by atoms with E-state index in [2.05, 4.69) is 55.1 Å². The van der Waals surface area contributed by atoms with Crippen LogP contribution in [0.4, 0.5) is 0 Å². The van der Waals surface area contributed by atoms with Crippen molar-refractivity contribution < 1.29 is 0 Å². The van der Waals surface area contributed by atoms with Gasteiger partial charge in [0.05, 0.1) is 5.69 Å². The van der Waals surface area contributed by atoms with Gasteiger partial charge in [-0.25, -0.2) is 0 Å². The van der Waals surface area contributed by atoms with Crippen molar-refractivity contribution in [1.29, 1.82) is 0 Å². The summed E-state index contributed by atoms with van der Waals surface area (Å²) in [6.07, 6.45) is 0. The third kappa shape index (κ3) is 4.18. The SMILES string of the molecule is CCN(CC)C(CNCc1c(C)nn(C)c1C)c1ccccc1Cl. The predicted octanol–water partition coefficient (Wildman–Crippen LogP) is 3.86. The van der Waals surface area contributed by atoms with E-state index in [4.69, 9.17) is 11.6 Å². The fraction of sp³-hybridized carbons (Fsp3) is 0.526. The third-order valence-electron chi connectivity index (χ3n) is 4.82. The highest BCUT2D eigenvalue weighted by molar-refractivity contribution is 6.31. The molecule has 0 aliphatic rings. The van der Waals surface area contributed by atoms with E-state index < -0.39 is 0 Å². The topological polar surface area (TPSA) is 33.1 Å². The summed E-state index contributed by atoms with van der Waals surface area (Å²) in [5, 5.41) is 8.95. The molecule has 1 unspecified atom stereocenters. The molecule has 132 valence electrons. The van der Waals surface area contributed by atoms with Gasteiger partial charge in [-0.1, -0.05) is 43.6 Å². The summed E-state index contributed by atoms with van der Waals surface area (Å²) < 4.78 is 1.95. The second-order valence-electron chi connectivity index (χ2n) is 6.16. The van der Waals surface area contributed by atoms with Crippen molar-refractivity contribution in [3.8, 4) is 0 Å². The van der Waals surface area contributed by atoms with Crippen molar-refractivity contribution >= 4 is 11.6 Å². The number of rotatable bonds is 8. The summed E-state index contributed by atoms with van der Waals surface area (Å²) in [7, 11) is 1.99. The lowest BCUT2D eigenvalue weighted by Gasteiger charge is -2.31.